The zero-order valence-corrected chi connectivity index (χ0v) is 20.8. The summed E-state index contributed by atoms with van der Waals surface area (Å²) in [5, 5.41) is 11.5. The first kappa shape index (κ1) is 26.1. The van der Waals surface area contributed by atoms with E-state index in [2.05, 4.69) is 0 Å². The van der Waals surface area contributed by atoms with Gasteiger partial charge in [-0.05, 0) is 43.6 Å². The SMILES string of the molecule is CCCCC(=O)O[C@@]1(C(=O)CF)[C@@H](C)C[C@H]2[C@@H]3C[C@H](F)C4=C(F)C(=O)C=C[C@]4(C)[C@H]3[C@@H](O)C[C@@]21C. The Morgan fingerprint density at radius 1 is 1.26 bits per heavy atom. The summed E-state index contributed by atoms with van der Waals surface area (Å²) in [6.45, 7) is 5.72. The number of aliphatic hydroxyl groups excluding tert-OH is 1. The van der Waals surface area contributed by atoms with E-state index in [0.717, 1.165) is 12.5 Å². The summed E-state index contributed by atoms with van der Waals surface area (Å²) < 4.78 is 50.3. The number of rotatable bonds is 6. The first-order chi connectivity index (χ1) is 16.4. The molecule has 0 aliphatic heterocycles. The third kappa shape index (κ3) is 3.49. The second-order valence-electron chi connectivity index (χ2n) is 11.4. The largest absolute Gasteiger partial charge is 0.450 e. The minimum Gasteiger partial charge on any atom is -0.450 e. The van der Waals surface area contributed by atoms with Crippen LogP contribution in [0.3, 0.4) is 0 Å². The van der Waals surface area contributed by atoms with Gasteiger partial charge in [-0.2, -0.15) is 0 Å². The topological polar surface area (TPSA) is 80.7 Å². The van der Waals surface area contributed by atoms with E-state index < -0.39 is 76.5 Å². The van der Waals surface area contributed by atoms with Crippen LogP contribution in [0.25, 0.3) is 0 Å². The van der Waals surface area contributed by atoms with Gasteiger partial charge in [0.25, 0.3) is 0 Å². The Bertz CT molecular complexity index is 991. The summed E-state index contributed by atoms with van der Waals surface area (Å²) in [6.07, 6.45) is 1.41. The van der Waals surface area contributed by atoms with Crippen molar-refractivity contribution in [1.29, 1.82) is 0 Å². The molecule has 8 heteroatoms. The monoisotopic (exact) mass is 496 g/mol. The van der Waals surface area contributed by atoms with Crippen LogP contribution in [0.4, 0.5) is 13.2 Å². The van der Waals surface area contributed by atoms with Crippen molar-refractivity contribution in [1.82, 2.24) is 0 Å². The van der Waals surface area contributed by atoms with Crippen LogP contribution >= 0.6 is 0 Å². The van der Waals surface area contributed by atoms with Crippen LogP contribution in [0.15, 0.2) is 23.6 Å². The van der Waals surface area contributed by atoms with Gasteiger partial charge in [0.15, 0.2) is 18.1 Å². The van der Waals surface area contributed by atoms with Gasteiger partial charge in [0.2, 0.25) is 11.6 Å². The molecule has 0 amide bonds. The van der Waals surface area contributed by atoms with Crippen molar-refractivity contribution in [2.24, 2.45) is 34.5 Å². The molecule has 0 radical (unpaired) electrons. The molecule has 4 aliphatic rings. The molecular weight excluding hydrogens is 461 g/mol. The van der Waals surface area contributed by atoms with Crippen LogP contribution in [0, 0.1) is 34.5 Å². The van der Waals surface area contributed by atoms with Crippen LogP contribution in [0.5, 0.6) is 0 Å². The zero-order chi connectivity index (χ0) is 25.9. The second kappa shape index (κ2) is 8.86. The molecule has 35 heavy (non-hydrogen) atoms. The lowest BCUT2D eigenvalue weighted by molar-refractivity contribution is -0.205. The van der Waals surface area contributed by atoms with Crippen molar-refractivity contribution in [2.75, 3.05) is 6.67 Å². The van der Waals surface area contributed by atoms with Gasteiger partial charge in [-0.25, -0.2) is 13.2 Å². The Kier molecular flexibility index (Phi) is 6.61. The highest BCUT2D eigenvalue weighted by atomic mass is 19.1. The number of Topliss-reactive ketones (excluding diaryl/α,β-unsaturated/α-hetero) is 1. The van der Waals surface area contributed by atoms with Gasteiger partial charge in [-0.3, -0.25) is 14.4 Å². The summed E-state index contributed by atoms with van der Waals surface area (Å²) in [5.41, 5.74) is -4.33. The van der Waals surface area contributed by atoms with Crippen molar-refractivity contribution < 1.29 is 37.4 Å². The van der Waals surface area contributed by atoms with E-state index in [1.54, 1.807) is 20.8 Å². The predicted octanol–water partition coefficient (Wildman–Crippen LogP) is 4.77. The average molecular weight is 497 g/mol. The molecular formula is C27H35F3O5. The number of fused-ring (bicyclic) bond motifs is 5. The number of hydrogen-bond acceptors (Lipinski definition) is 5. The van der Waals surface area contributed by atoms with E-state index in [-0.39, 0.29) is 30.8 Å². The fourth-order valence-electron chi connectivity index (χ4n) is 8.27. The zero-order valence-electron chi connectivity index (χ0n) is 20.8. The number of carbonyl (C=O) groups is 3. The smallest absolute Gasteiger partial charge is 0.306 e. The third-order valence-electron chi connectivity index (χ3n) is 9.64. The number of carbonyl (C=O) groups excluding carboxylic acids is 3. The molecule has 194 valence electrons. The molecule has 1 N–H and O–H groups in total. The normalized spacial score (nSPS) is 44.5. The number of aliphatic hydroxyl groups is 1. The lowest BCUT2D eigenvalue weighted by Gasteiger charge is -2.60. The number of ketones is 2. The molecule has 0 aromatic rings. The molecule has 4 rings (SSSR count). The predicted molar refractivity (Wildman–Crippen MR) is 122 cm³/mol. The maximum absolute atomic E-state index is 15.6. The van der Waals surface area contributed by atoms with Gasteiger partial charge in [-0.1, -0.05) is 40.2 Å². The average Bonchev–Trinajstić information content (AvgIpc) is 3.01. The summed E-state index contributed by atoms with van der Waals surface area (Å²) in [5.74, 6) is -5.39. The van der Waals surface area contributed by atoms with Crippen LogP contribution in [0.1, 0.15) is 66.2 Å². The van der Waals surface area contributed by atoms with E-state index in [1.165, 1.54) is 6.08 Å². The van der Waals surface area contributed by atoms with Gasteiger partial charge in [0.1, 0.15) is 6.17 Å². The van der Waals surface area contributed by atoms with Gasteiger partial charge < -0.3 is 9.84 Å². The van der Waals surface area contributed by atoms with Gasteiger partial charge in [0, 0.05) is 34.7 Å². The van der Waals surface area contributed by atoms with Crippen LogP contribution in [0.2, 0.25) is 0 Å². The van der Waals surface area contributed by atoms with E-state index in [1.807, 2.05) is 6.92 Å². The quantitative estimate of drug-likeness (QED) is 0.536. The second-order valence-corrected chi connectivity index (χ2v) is 11.4. The number of ether oxygens (including phenoxy) is 1. The molecule has 3 fully saturated rings. The standard InChI is InChI=1S/C27H35F3O5/c1-5-6-7-21(34)35-27(20(33)13-28)14(2)10-16-15-11-17(29)23-24(30)18(31)8-9-25(23,3)22(15)19(32)12-26(16,27)4/h8-9,14-17,19,22,32H,5-7,10-13H2,1-4H3/t14-,15-,16-,17-,19-,22+,25+,26-,27+/m0/s1. The Labute approximate surface area is 204 Å². The first-order valence-corrected chi connectivity index (χ1v) is 12.7. The number of halogens is 3. The van der Waals surface area contributed by atoms with Crippen molar-refractivity contribution in [2.45, 2.75) is 84.1 Å². The molecule has 0 saturated heterocycles. The van der Waals surface area contributed by atoms with Crippen LogP contribution in [-0.2, 0) is 19.1 Å². The fraction of sp³-hybridized carbons (Fsp3) is 0.741. The number of allylic oxidation sites excluding steroid dienone is 4. The molecule has 0 aromatic carbocycles. The Morgan fingerprint density at radius 3 is 2.57 bits per heavy atom. The van der Waals surface area contributed by atoms with E-state index in [9.17, 15) is 28.3 Å². The highest BCUT2D eigenvalue weighted by Gasteiger charge is 2.73. The Balaban J connectivity index is 1.80. The molecule has 4 aliphatic carbocycles. The fourth-order valence-corrected chi connectivity index (χ4v) is 8.27. The Morgan fingerprint density at radius 2 is 1.94 bits per heavy atom. The number of esters is 1. The number of hydrogen-bond donors (Lipinski definition) is 1. The summed E-state index contributed by atoms with van der Waals surface area (Å²) in [6, 6.07) is 0. The van der Waals surface area contributed by atoms with Gasteiger partial charge in [-0.15, -0.1) is 0 Å². The van der Waals surface area contributed by atoms with Crippen molar-refractivity contribution in [3.63, 3.8) is 0 Å². The summed E-state index contributed by atoms with van der Waals surface area (Å²) in [7, 11) is 0. The molecule has 0 unspecified atom stereocenters. The van der Waals surface area contributed by atoms with E-state index >= 15 is 4.39 Å². The summed E-state index contributed by atoms with van der Waals surface area (Å²) >= 11 is 0. The van der Waals surface area contributed by atoms with Crippen molar-refractivity contribution >= 4 is 17.5 Å². The highest BCUT2D eigenvalue weighted by molar-refractivity contribution is 6.04. The third-order valence-corrected chi connectivity index (χ3v) is 9.64. The van der Waals surface area contributed by atoms with Crippen LogP contribution in [-0.4, -0.2) is 47.2 Å². The molecule has 9 atom stereocenters. The maximum Gasteiger partial charge on any atom is 0.306 e. The Hall–Kier alpha value is -1.96. The molecule has 0 aromatic heterocycles. The first-order valence-electron chi connectivity index (χ1n) is 12.7. The maximum atomic E-state index is 15.6. The van der Waals surface area contributed by atoms with Gasteiger partial charge >= 0.3 is 5.97 Å². The van der Waals surface area contributed by atoms with Crippen LogP contribution < -0.4 is 0 Å². The molecule has 0 bridgehead atoms. The minimum atomic E-state index is -1.77. The number of unbranched alkanes of at least 4 members (excludes halogenated alkanes) is 1. The molecule has 5 nitrogen and oxygen atoms in total. The molecule has 3 saturated carbocycles. The van der Waals surface area contributed by atoms with Crippen molar-refractivity contribution in [3.05, 3.63) is 23.6 Å². The van der Waals surface area contributed by atoms with E-state index in [0.29, 0.717) is 12.8 Å². The highest BCUT2D eigenvalue weighted by Crippen LogP contribution is 2.69. The lowest BCUT2D eigenvalue weighted by atomic mass is 9.45. The van der Waals surface area contributed by atoms with Gasteiger partial charge in [0.05, 0.1) is 6.10 Å². The lowest BCUT2D eigenvalue weighted by Crippen LogP contribution is -2.64. The molecule has 0 spiro atoms. The van der Waals surface area contributed by atoms with Crippen molar-refractivity contribution in [3.8, 4) is 0 Å². The van der Waals surface area contributed by atoms with E-state index in [4.69, 9.17) is 4.74 Å². The molecule has 0 heterocycles. The summed E-state index contributed by atoms with van der Waals surface area (Å²) in [4.78, 5) is 37.9. The number of alkyl halides is 2. The minimum absolute atomic E-state index is 0.0131.